The van der Waals surface area contributed by atoms with Crippen molar-refractivity contribution in [2.24, 2.45) is 0 Å². The molecule has 0 aliphatic rings. The summed E-state index contributed by atoms with van der Waals surface area (Å²) in [4.78, 5) is 11.6. The van der Waals surface area contributed by atoms with Gasteiger partial charge in [0.1, 0.15) is 0 Å². The van der Waals surface area contributed by atoms with Gasteiger partial charge in [-0.2, -0.15) is 0 Å². The third-order valence-corrected chi connectivity index (χ3v) is 3.73. The van der Waals surface area contributed by atoms with Gasteiger partial charge in [-0.05, 0) is 31.4 Å². The third-order valence-electron chi connectivity index (χ3n) is 2.74. The van der Waals surface area contributed by atoms with Crippen molar-refractivity contribution in [1.29, 1.82) is 0 Å². The Bertz CT molecular complexity index is 382. The van der Waals surface area contributed by atoms with Crippen LogP contribution in [0.1, 0.15) is 24.5 Å². The molecule has 0 atom stereocenters. The molecule has 0 radical (unpaired) electrons. The van der Waals surface area contributed by atoms with E-state index in [1.165, 1.54) is 11.1 Å². The number of carbonyl (C=O) groups is 1. The molecule has 0 aliphatic heterocycles. The quantitative estimate of drug-likeness (QED) is 0.707. The minimum atomic E-state index is 0.107. The lowest BCUT2D eigenvalue weighted by Crippen LogP contribution is -2.26. The fourth-order valence-electron chi connectivity index (χ4n) is 1.62. The van der Waals surface area contributed by atoms with Gasteiger partial charge < -0.3 is 10.1 Å². The van der Waals surface area contributed by atoms with E-state index < -0.39 is 0 Å². The highest BCUT2D eigenvalue weighted by molar-refractivity contribution is 7.99. The number of rotatable bonds is 9. The van der Waals surface area contributed by atoms with E-state index in [2.05, 4.69) is 24.4 Å². The van der Waals surface area contributed by atoms with Crippen molar-refractivity contribution in [2.45, 2.75) is 26.0 Å². The molecule has 1 N–H and O–H groups in total. The number of aryl methyl sites for hydroxylation is 1. The standard InChI is InChI=1S/C15H23NO2S/c1-3-18-10-6-9-16-15(17)12-19-11-14-8-5-4-7-13(14)2/h4-5,7-8H,3,6,9-12H2,1-2H3,(H,16,17). The van der Waals surface area contributed by atoms with Gasteiger partial charge in [-0.3, -0.25) is 4.79 Å². The predicted octanol–water partition coefficient (Wildman–Crippen LogP) is 2.77. The van der Waals surface area contributed by atoms with Gasteiger partial charge in [-0.1, -0.05) is 24.3 Å². The summed E-state index contributed by atoms with van der Waals surface area (Å²) >= 11 is 1.65. The summed E-state index contributed by atoms with van der Waals surface area (Å²) in [5.74, 6) is 1.51. The number of hydrogen-bond acceptors (Lipinski definition) is 3. The van der Waals surface area contributed by atoms with Crippen LogP contribution in [-0.2, 0) is 15.3 Å². The Balaban J connectivity index is 2.09. The first-order chi connectivity index (χ1) is 9.24. The maximum absolute atomic E-state index is 11.6. The van der Waals surface area contributed by atoms with E-state index in [1.807, 2.05) is 19.1 Å². The van der Waals surface area contributed by atoms with E-state index in [0.717, 1.165) is 18.8 Å². The average Bonchev–Trinajstić information content (AvgIpc) is 2.41. The lowest BCUT2D eigenvalue weighted by Gasteiger charge is -2.07. The molecule has 0 fully saturated rings. The zero-order valence-electron chi connectivity index (χ0n) is 11.8. The van der Waals surface area contributed by atoms with Crippen LogP contribution < -0.4 is 5.32 Å². The van der Waals surface area contributed by atoms with Crippen molar-refractivity contribution < 1.29 is 9.53 Å². The van der Waals surface area contributed by atoms with Crippen LogP contribution in [0.25, 0.3) is 0 Å². The monoisotopic (exact) mass is 281 g/mol. The number of thioether (sulfide) groups is 1. The lowest BCUT2D eigenvalue weighted by atomic mass is 10.1. The highest BCUT2D eigenvalue weighted by atomic mass is 32.2. The topological polar surface area (TPSA) is 38.3 Å². The maximum Gasteiger partial charge on any atom is 0.230 e. The van der Waals surface area contributed by atoms with Gasteiger partial charge in [0, 0.05) is 25.5 Å². The Labute approximate surface area is 120 Å². The Morgan fingerprint density at radius 2 is 2.16 bits per heavy atom. The Morgan fingerprint density at radius 1 is 1.37 bits per heavy atom. The number of benzene rings is 1. The first kappa shape index (κ1) is 16.1. The van der Waals surface area contributed by atoms with Crippen LogP contribution in [0.5, 0.6) is 0 Å². The highest BCUT2D eigenvalue weighted by Crippen LogP contribution is 2.15. The Kier molecular flexibility index (Phi) is 8.34. The summed E-state index contributed by atoms with van der Waals surface area (Å²) in [6.45, 7) is 6.22. The zero-order valence-corrected chi connectivity index (χ0v) is 12.6. The average molecular weight is 281 g/mol. The van der Waals surface area contributed by atoms with Crippen molar-refractivity contribution in [3.8, 4) is 0 Å². The van der Waals surface area contributed by atoms with Crippen LogP contribution in [0, 0.1) is 6.92 Å². The van der Waals surface area contributed by atoms with Crippen LogP contribution in [-0.4, -0.2) is 31.4 Å². The normalized spacial score (nSPS) is 10.4. The van der Waals surface area contributed by atoms with Gasteiger partial charge in [0.25, 0.3) is 0 Å². The predicted molar refractivity (Wildman–Crippen MR) is 81.5 cm³/mol. The van der Waals surface area contributed by atoms with Crippen molar-refractivity contribution in [3.63, 3.8) is 0 Å². The molecule has 1 amide bonds. The molecule has 0 unspecified atom stereocenters. The van der Waals surface area contributed by atoms with Crippen LogP contribution in [0.4, 0.5) is 0 Å². The molecule has 1 aromatic rings. The van der Waals surface area contributed by atoms with E-state index in [1.54, 1.807) is 11.8 Å². The molecular formula is C15H23NO2S. The minimum Gasteiger partial charge on any atom is -0.382 e. The molecule has 0 aliphatic carbocycles. The number of carbonyl (C=O) groups excluding carboxylic acids is 1. The number of nitrogens with one attached hydrogen (secondary N) is 1. The van der Waals surface area contributed by atoms with E-state index >= 15 is 0 Å². The van der Waals surface area contributed by atoms with E-state index in [0.29, 0.717) is 18.9 Å². The summed E-state index contributed by atoms with van der Waals surface area (Å²) in [5, 5.41) is 2.90. The second kappa shape index (κ2) is 9.87. The van der Waals surface area contributed by atoms with Gasteiger partial charge in [0.05, 0.1) is 5.75 Å². The molecule has 3 nitrogen and oxygen atoms in total. The van der Waals surface area contributed by atoms with E-state index in [4.69, 9.17) is 4.74 Å². The Hall–Kier alpha value is -1.00. The maximum atomic E-state index is 11.6. The Morgan fingerprint density at radius 3 is 2.89 bits per heavy atom. The second-order valence-corrected chi connectivity index (χ2v) is 5.31. The van der Waals surface area contributed by atoms with Crippen LogP contribution in [0.2, 0.25) is 0 Å². The number of ether oxygens (including phenoxy) is 1. The number of amides is 1. The van der Waals surface area contributed by atoms with E-state index in [9.17, 15) is 4.79 Å². The molecular weight excluding hydrogens is 258 g/mol. The molecule has 0 saturated carbocycles. The first-order valence-electron chi connectivity index (χ1n) is 6.70. The summed E-state index contributed by atoms with van der Waals surface area (Å²) < 4.78 is 5.21. The smallest absolute Gasteiger partial charge is 0.230 e. The van der Waals surface area contributed by atoms with Gasteiger partial charge in [-0.15, -0.1) is 11.8 Å². The molecule has 0 spiro atoms. The minimum absolute atomic E-state index is 0.107. The third kappa shape index (κ3) is 7.23. The van der Waals surface area contributed by atoms with Crippen molar-refractivity contribution in [2.75, 3.05) is 25.5 Å². The van der Waals surface area contributed by atoms with Crippen molar-refractivity contribution in [1.82, 2.24) is 5.32 Å². The van der Waals surface area contributed by atoms with Gasteiger partial charge >= 0.3 is 0 Å². The molecule has 0 saturated heterocycles. The summed E-state index contributed by atoms with van der Waals surface area (Å²) in [5.41, 5.74) is 2.59. The van der Waals surface area contributed by atoms with Crippen LogP contribution in [0.3, 0.4) is 0 Å². The first-order valence-corrected chi connectivity index (χ1v) is 7.86. The largest absolute Gasteiger partial charge is 0.382 e. The highest BCUT2D eigenvalue weighted by Gasteiger charge is 2.02. The SMILES string of the molecule is CCOCCCNC(=O)CSCc1ccccc1C. The molecule has 0 heterocycles. The molecule has 19 heavy (non-hydrogen) atoms. The fourth-order valence-corrected chi connectivity index (χ4v) is 2.56. The van der Waals surface area contributed by atoms with E-state index in [-0.39, 0.29) is 5.91 Å². The molecule has 1 aromatic carbocycles. The van der Waals surface area contributed by atoms with Crippen LogP contribution >= 0.6 is 11.8 Å². The summed E-state index contributed by atoms with van der Waals surface area (Å²) in [7, 11) is 0. The lowest BCUT2D eigenvalue weighted by molar-refractivity contribution is -0.118. The summed E-state index contributed by atoms with van der Waals surface area (Å²) in [6, 6.07) is 8.29. The van der Waals surface area contributed by atoms with Crippen molar-refractivity contribution in [3.05, 3.63) is 35.4 Å². The van der Waals surface area contributed by atoms with Gasteiger partial charge in [0.2, 0.25) is 5.91 Å². The summed E-state index contributed by atoms with van der Waals surface area (Å²) in [6.07, 6.45) is 0.877. The zero-order chi connectivity index (χ0) is 13.9. The van der Waals surface area contributed by atoms with Gasteiger partial charge in [-0.25, -0.2) is 0 Å². The molecule has 4 heteroatoms. The molecule has 0 aromatic heterocycles. The second-order valence-electron chi connectivity index (χ2n) is 4.32. The van der Waals surface area contributed by atoms with Crippen molar-refractivity contribution >= 4 is 17.7 Å². The molecule has 106 valence electrons. The number of hydrogen-bond donors (Lipinski definition) is 1. The van der Waals surface area contributed by atoms with Gasteiger partial charge in [0.15, 0.2) is 0 Å². The molecule has 1 rings (SSSR count). The fraction of sp³-hybridized carbons (Fsp3) is 0.533. The molecule has 0 bridgehead atoms. The van der Waals surface area contributed by atoms with Crippen LogP contribution in [0.15, 0.2) is 24.3 Å².